The van der Waals surface area contributed by atoms with Gasteiger partial charge in [0, 0.05) is 22.3 Å². The maximum Gasteiger partial charge on any atom is 0.295 e. The van der Waals surface area contributed by atoms with Crippen LogP contribution in [0, 0.1) is 3.57 Å². The first kappa shape index (κ1) is 13.3. The van der Waals surface area contributed by atoms with E-state index in [0.717, 1.165) is 3.57 Å². The van der Waals surface area contributed by atoms with Crippen molar-refractivity contribution in [1.82, 2.24) is 4.90 Å². The van der Waals surface area contributed by atoms with Crippen LogP contribution in [0.15, 0.2) is 18.2 Å². The van der Waals surface area contributed by atoms with Crippen molar-refractivity contribution in [1.29, 1.82) is 0 Å². The third-order valence-corrected chi connectivity index (χ3v) is 3.42. The Morgan fingerprint density at radius 3 is 2.61 bits per heavy atom. The van der Waals surface area contributed by atoms with E-state index in [1.54, 1.807) is 18.2 Å². The molecule has 5 nitrogen and oxygen atoms in total. The van der Waals surface area contributed by atoms with Gasteiger partial charge in [-0.1, -0.05) is 0 Å². The molecule has 1 aliphatic rings. The molecule has 2 rings (SSSR count). The van der Waals surface area contributed by atoms with E-state index in [1.165, 1.54) is 4.90 Å². The Labute approximate surface area is 118 Å². The van der Waals surface area contributed by atoms with Crippen molar-refractivity contribution < 1.29 is 14.3 Å². The third kappa shape index (κ3) is 2.81. The summed E-state index contributed by atoms with van der Waals surface area (Å²) in [7, 11) is 0. The van der Waals surface area contributed by atoms with Gasteiger partial charge in [-0.05, 0) is 40.8 Å². The fourth-order valence-electron chi connectivity index (χ4n) is 1.75. The van der Waals surface area contributed by atoms with Crippen molar-refractivity contribution in [2.24, 2.45) is 0 Å². The zero-order valence-electron chi connectivity index (χ0n) is 9.69. The largest absolute Gasteiger partial charge is 0.398 e. The Morgan fingerprint density at radius 2 is 1.94 bits per heavy atom. The number of nitrogens with two attached hydrogens (primary N) is 1. The summed E-state index contributed by atoms with van der Waals surface area (Å²) in [5.41, 5.74) is 6.35. The smallest absolute Gasteiger partial charge is 0.295 e. The molecule has 0 aliphatic carbocycles. The number of ether oxygens (including phenoxy) is 1. The monoisotopic (exact) mass is 360 g/mol. The quantitative estimate of drug-likeness (QED) is 0.368. The van der Waals surface area contributed by atoms with Crippen LogP contribution in [0.4, 0.5) is 5.69 Å². The van der Waals surface area contributed by atoms with Gasteiger partial charge in [-0.3, -0.25) is 9.59 Å². The van der Waals surface area contributed by atoms with E-state index in [4.69, 9.17) is 10.5 Å². The van der Waals surface area contributed by atoms with E-state index >= 15 is 0 Å². The zero-order chi connectivity index (χ0) is 13.1. The molecule has 96 valence electrons. The first-order chi connectivity index (χ1) is 8.59. The van der Waals surface area contributed by atoms with Gasteiger partial charge < -0.3 is 15.4 Å². The molecule has 1 aromatic rings. The number of amides is 1. The zero-order valence-corrected chi connectivity index (χ0v) is 11.8. The van der Waals surface area contributed by atoms with Crippen LogP contribution in [0.3, 0.4) is 0 Å². The minimum absolute atomic E-state index is 0.276. The molecular weight excluding hydrogens is 347 g/mol. The van der Waals surface area contributed by atoms with Crippen molar-refractivity contribution in [2.45, 2.75) is 0 Å². The second kappa shape index (κ2) is 5.66. The van der Waals surface area contributed by atoms with Crippen molar-refractivity contribution in [3.63, 3.8) is 0 Å². The number of hydrogen-bond acceptors (Lipinski definition) is 4. The van der Waals surface area contributed by atoms with Crippen LogP contribution in [0.1, 0.15) is 10.4 Å². The Morgan fingerprint density at radius 1 is 1.28 bits per heavy atom. The minimum atomic E-state index is -0.548. The van der Waals surface area contributed by atoms with E-state index in [0.29, 0.717) is 32.0 Å². The molecular formula is C12H13IN2O3. The van der Waals surface area contributed by atoms with Crippen molar-refractivity contribution in [3.05, 3.63) is 27.3 Å². The molecule has 1 fully saturated rings. The summed E-state index contributed by atoms with van der Waals surface area (Å²) < 4.78 is 6.02. The summed E-state index contributed by atoms with van der Waals surface area (Å²) in [5.74, 6) is -1.06. The predicted molar refractivity (Wildman–Crippen MR) is 75.3 cm³/mol. The Hall–Kier alpha value is -1.15. The molecule has 0 bridgehead atoms. The second-order valence-electron chi connectivity index (χ2n) is 3.97. The standard InChI is InChI=1S/C12H13IN2O3/c13-8-1-2-10(14)9(7-8)11(16)12(17)15-3-5-18-6-4-15/h1-2,7H,3-6,14H2. The highest BCUT2D eigenvalue weighted by molar-refractivity contribution is 14.1. The van der Waals surface area contributed by atoms with Crippen LogP contribution >= 0.6 is 22.6 Å². The number of rotatable bonds is 2. The number of carbonyl (C=O) groups is 2. The molecule has 0 atom stereocenters. The fraction of sp³-hybridized carbons (Fsp3) is 0.333. The van der Waals surface area contributed by atoms with Crippen molar-refractivity contribution in [2.75, 3.05) is 32.0 Å². The predicted octanol–water partition coefficient (Wildman–Crippen LogP) is 0.915. The Bertz CT molecular complexity index is 484. The number of ketones is 1. The lowest BCUT2D eigenvalue weighted by Crippen LogP contribution is -2.44. The number of nitrogen functional groups attached to an aromatic ring is 1. The number of morpholine rings is 1. The highest BCUT2D eigenvalue weighted by Gasteiger charge is 2.26. The topological polar surface area (TPSA) is 72.6 Å². The summed E-state index contributed by atoms with van der Waals surface area (Å²) in [6.45, 7) is 1.85. The van der Waals surface area contributed by atoms with Gasteiger partial charge >= 0.3 is 0 Å². The van der Waals surface area contributed by atoms with Gasteiger partial charge in [0.05, 0.1) is 18.8 Å². The Balaban J connectivity index is 2.19. The normalized spacial score (nSPS) is 15.5. The molecule has 1 amide bonds. The molecule has 1 heterocycles. The van der Waals surface area contributed by atoms with Gasteiger partial charge in [-0.2, -0.15) is 0 Å². The van der Waals surface area contributed by atoms with Gasteiger partial charge in [0.2, 0.25) is 0 Å². The lowest BCUT2D eigenvalue weighted by atomic mass is 10.1. The first-order valence-electron chi connectivity index (χ1n) is 5.56. The molecule has 0 unspecified atom stereocenters. The average Bonchev–Trinajstić information content (AvgIpc) is 2.41. The van der Waals surface area contributed by atoms with Crippen molar-refractivity contribution in [3.8, 4) is 0 Å². The van der Waals surface area contributed by atoms with Gasteiger partial charge in [0.25, 0.3) is 11.7 Å². The number of carbonyl (C=O) groups excluding carboxylic acids is 2. The molecule has 0 spiro atoms. The fourth-order valence-corrected chi connectivity index (χ4v) is 2.24. The maximum absolute atomic E-state index is 12.1. The van der Waals surface area contributed by atoms with E-state index in [9.17, 15) is 9.59 Å². The van der Waals surface area contributed by atoms with E-state index in [2.05, 4.69) is 22.6 Å². The molecule has 1 aliphatic heterocycles. The summed E-state index contributed by atoms with van der Waals surface area (Å²) in [4.78, 5) is 25.6. The summed E-state index contributed by atoms with van der Waals surface area (Å²) in [5, 5.41) is 0. The number of hydrogen-bond donors (Lipinski definition) is 1. The van der Waals surface area contributed by atoms with Crippen LogP contribution in [-0.4, -0.2) is 42.9 Å². The van der Waals surface area contributed by atoms with E-state index in [-0.39, 0.29) is 5.56 Å². The molecule has 0 saturated carbocycles. The van der Waals surface area contributed by atoms with Crippen LogP contribution in [0.2, 0.25) is 0 Å². The molecule has 0 radical (unpaired) electrons. The van der Waals surface area contributed by atoms with Crippen molar-refractivity contribution >= 4 is 40.0 Å². The number of anilines is 1. The van der Waals surface area contributed by atoms with E-state index in [1.807, 2.05) is 0 Å². The summed E-state index contributed by atoms with van der Waals surface area (Å²) in [6, 6.07) is 5.07. The number of benzene rings is 1. The maximum atomic E-state index is 12.1. The highest BCUT2D eigenvalue weighted by atomic mass is 127. The summed E-state index contributed by atoms with van der Waals surface area (Å²) >= 11 is 2.08. The van der Waals surface area contributed by atoms with Crippen LogP contribution in [-0.2, 0) is 9.53 Å². The van der Waals surface area contributed by atoms with Crippen LogP contribution < -0.4 is 5.73 Å². The van der Waals surface area contributed by atoms with Gasteiger partial charge in [0.1, 0.15) is 0 Å². The summed E-state index contributed by atoms with van der Waals surface area (Å²) in [6.07, 6.45) is 0. The number of Topliss-reactive ketones (excluding diaryl/α,β-unsaturated/α-hetero) is 1. The molecule has 1 aromatic carbocycles. The minimum Gasteiger partial charge on any atom is -0.398 e. The highest BCUT2D eigenvalue weighted by Crippen LogP contribution is 2.17. The van der Waals surface area contributed by atoms with Crippen LogP contribution in [0.25, 0.3) is 0 Å². The molecule has 18 heavy (non-hydrogen) atoms. The lowest BCUT2D eigenvalue weighted by molar-refractivity contribution is -0.130. The average molecular weight is 360 g/mol. The lowest BCUT2D eigenvalue weighted by Gasteiger charge is -2.26. The van der Waals surface area contributed by atoms with Gasteiger partial charge in [-0.15, -0.1) is 0 Å². The SMILES string of the molecule is Nc1ccc(I)cc1C(=O)C(=O)N1CCOCC1. The second-order valence-corrected chi connectivity index (χ2v) is 5.21. The molecule has 6 heteroatoms. The first-order valence-corrected chi connectivity index (χ1v) is 6.64. The third-order valence-electron chi connectivity index (χ3n) is 2.75. The number of nitrogens with zero attached hydrogens (tertiary/aromatic N) is 1. The van der Waals surface area contributed by atoms with Gasteiger partial charge in [-0.25, -0.2) is 0 Å². The molecule has 0 aromatic heterocycles. The van der Waals surface area contributed by atoms with E-state index < -0.39 is 11.7 Å². The Kier molecular flexibility index (Phi) is 4.18. The van der Waals surface area contributed by atoms with Gasteiger partial charge in [0.15, 0.2) is 0 Å². The molecule has 1 saturated heterocycles. The number of halogens is 1. The van der Waals surface area contributed by atoms with Crippen LogP contribution in [0.5, 0.6) is 0 Å². The molecule has 2 N–H and O–H groups in total.